The Balaban J connectivity index is 1.58. The molecule has 0 bridgehead atoms. The molecule has 0 radical (unpaired) electrons. The molecule has 1 aromatic rings. The van der Waals surface area contributed by atoms with Crippen LogP contribution in [0.3, 0.4) is 0 Å². The van der Waals surface area contributed by atoms with Crippen LogP contribution in [0.4, 0.5) is 13.2 Å². The molecular formula is C38H58ClF3N4O18. The van der Waals surface area contributed by atoms with Crippen LogP contribution in [0.25, 0.3) is 0 Å². The molecule has 0 aliphatic carbocycles. The number of hydrogen-bond donors (Lipinski definition) is 9. The lowest BCUT2D eigenvalue weighted by Crippen LogP contribution is -2.68. The van der Waals surface area contributed by atoms with E-state index in [1.165, 1.54) is 0 Å². The van der Waals surface area contributed by atoms with Crippen LogP contribution in [0.15, 0.2) is 24.3 Å². The average molecular weight is 951 g/mol. The van der Waals surface area contributed by atoms with Crippen molar-refractivity contribution in [2.45, 2.75) is 61.7 Å². The molecule has 1 saturated heterocycles. The van der Waals surface area contributed by atoms with Gasteiger partial charge < -0.3 is 84.7 Å². The van der Waals surface area contributed by atoms with Crippen molar-refractivity contribution in [3.05, 3.63) is 34.9 Å². The van der Waals surface area contributed by atoms with E-state index in [-0.39, 0.29) is 118 Å². The minimum atomic E-state index is -4.94. The first-order valence-corrected chi connectivity index (χ1v) is 20.5. The molecule has 1 fully saturated rings. The summed E-state index contributed by atoms with van der Waals surface area (Å²) in [6.45, 7) is -0.565. The van der Waals surface area contributed by atoms with Crippen molar-refractivity contribution in [3.8, 4) is 0 Å². The quantitative estimate of drug-likeness (QED) is 0.0321. The van der Waals surface area contributed by atoms with E-state index in [9.17, 15) is 62.7 Å². The maximum absolute atomic E-state index is 12.4. The fourth-order valence-electron chi connectivity index (χ4n) is 5.56. The molecule has 26 heteroatoms. The number of aliphatic carboxylic acids is 1. The standard InChI is InChI=1S/C38H58ClF3N4O18/c39-26-3-1-25(2-4-26)21-30(51)45-23-28(49)33(53)34-32(46-31(52)24-47)27(48)22-37(64-34,36(55)56)63-20-19-62-16-13-58-9-6-43-29(50)5-8-57-11-14-60-17-18-61-15-12-59-10-7-44-35(54)38(40,41)42/h1-4,27-28,32-34,47-49,53H,5-24H2,(H,43,50)(H,44,54)(H,45,51)(H,46,52)(H,55,56)/t27-,28+,32+,33+,34+,37+/m0/s1. The van der Waals surface area contributed by atoms with Crippen molar-refractivity contribution in [2.24, 2.45) is 0 Å². The van der Waals surface area contributed by atoms with Crippen molar-refractivity contribution in [2.75, 3.05) is 112 Å². The van der Waals surface area contributed by atoms with Gasteiger partial charge in [0.25, 0.3) is 5.79 Å². The Morgan fingerprint density at radius 2 is 1.27 bits per heavy atom. The van der Waals surface area contributed by atoms with Crippen LogP contribution in [0.2, 0.25) is 5.02 Å². The van der Waals surface area contributed by atoms with Gasteiger partial charge in [-0.15, -0.1) is 0 Å². The second-order valence-electron chi connectivity index (χ2n) is 13.7. The second-order valence-corrected chi connectivity index (χ2v) is 14.1. The van der Waals surface area contributed by atoms with E-state index in [0.717, 1.165) is 0 Å². The fourth-order valence-corrected chi connectivity index (χ4v) is 5.68. The first-order chi connectivity index (χ1) is 30.5. The van der Waals surface area contributed by atoms with Crippen LogP contribution < -0.4 is 21.3 Å². The number of rotatable bonds is 34. The highest BCUT2D eigenvalue weighted by atomic mass is 35.5. The largest absolute Gasteiger partial charge is 0.477 e. The summed E-state index contributed by atoms with van der Waals surface area (Å²) in [6, 6.07) is 4.91. The van der Waals surface area contributed by atoms with Gasteiger partial charge in [0, 0.05) is 37.5 Å². The number of carbonyl (C=O) groups is 5. The first kappa shape index (κ1) is 56.3. The van der Waals surface area contributed by atoms with Crippen molar-refractivity contribution < 1.29 is 101 Å². The minimum Gasteiger partial charge on any atom is -0.477 e. The molecule has 2 rings (SSSR count). The van der Waals surface area contributed by atoms with E-state index < -0.39 is 85.7 Å². The molecule has 4 amide bonds. The summed E-state index contributed by atoms with van der Waals surface area (Å²) < 4.78 is 79.1. The molecule has 1 aliphatic heterocycles. The molecule has 366 valence electrons. The number of amides is 4. The molecule has 1 aromatic carbocycles. The zero-order valence-electron chi connectivity index (χ0n) is 34.9. The van der Waals surface area contributed by atoms with E-state index in [1.54, 1.807) is 29.6 Å². The first-order valence-electron chi connectivity index (χ1n) is 20.1. The molecule has 22 nitrogen and oxygen atoms in total. The summed E-state index contributed by atoms with van der Waals surface area (Å²) in [7, 11) is 0. The van der Waals surface area contributed by atoms with Crippen molar-refractivity contribution in [1.29, 1.82) is 0 Å². The third kappa shape index (κ3) is 22.9. The highest BCUT2D eigenvalue weighted by molar-refractivity contribution is 6.30. The number of halogens is 4. The number of carbonyl (C=O) groups excluding carboxylic acids is 4. The zero-order chi connectivity index (χ0) is 47.4. The zero-order valence-corrected chi connectivity index (χ0v) is 35.6. The predicted molar refractivity (Wildman–Crippen MR) is 213 cm³/mol. The van der Waals surface area contributed by atoms with Gasteiger partial charge in [-0.3, -0.25) is 19.2 Å². The number of ether oxygens (including phenoxy) is 8. The van der Waals surface area contributed by atoms with Crippen molar-refractivity contribution in [1.82, 2.24) is 21.3 Å². The average Bonchev–Trinajstić information content (AvgIpc) is 3.25. The molecule has 9 N–H and O–H groups in total. The van der Waals surface area contributed by atoms with Crippen LogP contribution in [0.5, 0.6) is 0 Å². The highest BCUT2D eigenvalue weighted by Crippen LogP contribution is 2.33. The monoisotopic (exact) mass is 950 g/mol. The number of aliphatic hydroxyl groups excluding tert-OH is 4. The predicted octanol–water partition coefficient (Wildman–Crippen LogP) is -2.57. The Bertz CT molecular complexity index is 1540. The molecule has 0 unspecified atom stereocenters. The lowest BCUT2D eigenvalue weighted by atomic mass is 9.88. The number of benzene rings is 1. The van der Waals surface area contributed by atoms with Crippen LogP contribution in [0, 0.1) is 0 Å². The Kier molecular flexibility index (Phi) is 27.4. The van der Waals surface area contributed by atoms with Crippen LogP contribution >= 0.6 is 11.6 Å². The molecule has 0 spiro atoms. The minimum absolute atomic E-state index is 0.0445. The normalized spacial score (nSPS) is 19.7. The van der Waals surface area contributed by atoms with Gasteiger partial charge in [-0.25, -0.2) is 4.79 Å². The van der Waals surface area contributed by atoms with Gasteiger partial charge in [0.1, 0.15) is 18.8 Å². The molecule has 64 heavy (non-hydrogen) atoms. The van der Waals surface area contributed by atoms with Crippen molar-refractivity contribution in [3.63, 3.8) is 0 Å². The van der Waals surface area contributed by atoms with Crippen LogP contribution in [-0.2, 0) is 68.3 Å². The Labute approximate surface area is 371 Å². The molecule has 1 aliphatic rings. The molecule has 0 aromatic heterocycles. The molecule has 1 heterocycles. The second kappa shape index (κ2) is 31.2. The lowest BCUT2D eigenvalue weighted by molar-refractivity contribution is -0.312. The molecule has 0 saturated carbocycles. The van der Waals surface area contributed by atoms with Crippen LogP contribution in [0.1, 0.15) is 18.4 Å². The molecular weight excluding hydrogens is 893 g/mol. The number of aliphatic hydroxyl groups is 4. The third-order valence-corrected chi connectivity index (χ3v) is 9.02. The lowest BCUT2D eigenvalue weighted by Gasteiger charge is -2.46. The van der Waals surface area contributed by atoms with Gasteiger partial charge in [0.15, 0.2) is 0 Å². The smallest absolute Gasteiger partial charge is 0.471 e. The fraction of sp³-hybridized carbons (Fsp3) is 0.711. The summed E-state index contributed by atoms with van der Waals surface area (Å²) >= 11 is 5.86. The summed E-state index contributed by atoms with van der Waals surface area (Å²) in [5, 5.41) is 61.5. The van der Waals surface area contributed by atoms with E-state index in [2.05, 4.69) is 16.0 Å². The van der Waals surface area contributed by atoms with Gasteiger partial charge in [-0.05, 0) is 17.7 Å². The third-order valence-electron chi connectivity index (χ3n) is 8.77. The SMILES string of the molecule is O=C(CCOCCOCCOCCOCCNC(=O)C(F)(F)F)NCCOCCOCCO[C@]1(C(=O)O)C[C@H](O)[C@@H](NC(=O)CO)[C@H]([C@H](O)[C@H](O)CNC(=O)Cc2ccc(Cl)cc2)O1. The number of carboxylic acid groups (broad SMARTS) is 1. The maximum atomic E-state index is 12.4. The van der Waals surface area contributed by atoms with E-state index in [4.69, 9.17) is 49.5 Å². The number of hydrogen-bond acceptors (Lipinski definition) is 17. The summed E-state index contributed by atoms with van der Waals surface area (Å²) in [4.78, 5) is 59.6. The van der Waals surface area contributed by atoms with E-state index >= 15 is 0 Å². The van der Waals surface area contributed by atoms with Gasteiger partial charge in [0.05, 0.1) is 111 Å². The van der Waals surface area contributed by atoms with Crippen LogP contribution in [-0.4, -0.2) is 210 Å². The Morgan fingerprint density at radius 3 is 1.80 bits per heavy atom. The summed E-state index contributed by atoms with van der Waals surface area (Å²) in [5.41, 5.74) is 0.611. The molecule has 6 atom stereocenters. The summed E-state index contributed by atoms with van der Waals surface area (Å²) in [6.07, 6.45) is -13.0. The van der Waals surface area contributed by atoms with Gasteiger partial charge in [-0.1, -0.05) is 23.7 Å². The van der Waals surface area contributed by atoms with Crippen molar-refractivity contribution >= 4 is 41.2 Å². The number of carboxylic acids is 1. The number of nitrogens with one attached hydrogen (secondary N) is 4. The summed E-state index contributed by atoms with van der Waals surface area (Å²) in [5.74, 6) is -8.10. The van der Waals surface area contributed by atoms with Gasteiger partial charge in [-0.2, -0.15) is 13.2 Å². The van der Waals surface area contributed by atoms with Gasteiger partial charge in [0.2, 0.25) is 17.7 Å². The Morgan fingerprint density at radius 1 is 0.750 bits per heavy atom. The van der Waals surface area contributed by atoms with E-state index in [1.807, 2.05) is 0 Å². The highest BCUT2D eigenvalue weighted by Gasteiger charge is 2.56. The topological polar surface area (TPSA) is 308 Å². The van der Waals surface area contributed by atoms with E-state index in [0.29, 0.717) is 10.6 Å². The Hall–Kier alpha value is -3.83. The maximum Gasteiger partial charge on any atom is 0.471 e. The number of alkyl halides is 3. The van der Waals surface area contributed by atoms with Gasteiger partial charge >= 0.3 is 18.1 Å².